The van der Waals surface area contributed by atoms with Gasteiger partial charge in [0.25, 0.3) is 0 Å². The van der Waals surface area contributed by atoms with Crippen LogP contribution >= 0.6 is 0 Å². The Morgan fingerprint density at radius 3 is 2.44 bits per heavy atom. The molecule has 0 aliphatic heterocycles. The molecule has 0 atom stereocenters. The topological polar surface area (TPSA) is 56.6 Å². The van der Waals surface area contributed by atoms with E-state index in [4.69, 9.17) is 5.11 Å². The van der Waals surface area contributed by atoms with E-state index in [1.807, 2.05) is 12.1 Å². The number of pyridine rings is 1. The predicted molar refractivity (Wildman–Crippen MR) is 73.7 cm³/mol. The summed E-state index contributed by atoms with van der Waals surface area (Å²) < 4.78 is 0. The van der Waals surface area contributed by atoms with E-state index in [1.54, 1.807) is 0 Å². The molecule has 102 valence electrons. The highest BCUT2D eigenvalue weighted by Gasteiger charge is 2.09. The minimum Gasteiger partial charge on any atom is -0.395 e. The van der Waals surface area contributed by atoms with Crippen LogP contribution in [0.4, 0.5) is 5.82 Å². The second kappa shape index (κ2) is 8.06. The van der Waals surface area contributed by atoms with E-state index < -0.39 is 0 Å². The number of aromatic nitrogens is 1. The van der Waals surface area contributed by atoms with E-state index in [2.05, 4.69) is 23.7 Å². The molecular formula is C14H24N2O2. The van der Waals surface area contributed by atoms with E-state index in [1.165, 1.54) is 0 Å². The Bertz CT molecular complexity index is 350. The first kappa shape index (κ1) is 14.9. The average Bonchev–Trinajstić information content (AvgIpc) is 2.38. The zero-order chi connectivity index (χ0) is 13.4. The van der Waals surface area contributed by atoms with Crippen LogP contribution in [0.1, 0.15) is 37.9 Å². The van der Waals surface area contributed by atoms with E-state index >= 15 is 0 Å². The number of hydrogen-bond acceptors (Lipinski definition) is 4. The molecule has 0 bridgehead atoms. The van der Waals surface area contributed by atoms with Crippen LogP contribution in [0.15, 0.2) is 12.1 Å². The Morgan fingerprint density at radius 1 is 1.11 bits per heavy atom. The van der Waals surface area contributed by atoms with Crippen molar-refractivity contribution in [1.29, 1.82) is 0 Å². The Kier molecular flexibility index (Phi) is 6.68. The van der Waals surface area contributed by atoms with Gasteiger partial charge in [0.2, 0.25) is 0 Å². The van der Waals surface area contributed by atoms with Gasteiger partial charge in [-0.05, 0) is 30.5 Å². The lowest BCUT2D eigenvalue weighted by molar-refractivity contribution is 0.281. The number of aliphatic hydroxyl groups excluding tert-OH is 2. The van der Waals surface area contributed by atoms with Crippen LogP contribution in [0.3, 0.4) is 0 Å². The zero-order valence-corrected chi connectivity index (χ0v) is 11.4. The van der Waals surface area contributed by atoms with Crippen LogP contribution in [0, 0.1) is 0 Å². The molecule has 1 aromatic heterocycles. The SMILES string of the molecule is CCCc1cc(CO)cc(N(CCC)CCO)n1. The lowest BCUT2D eigenvalue weighted by Crippen LogP contribution is -2.28. The number of hydrogen-bond donors (Lipinski definition) is 2. The van der Waals surface area contributed by atoms with Crippen LogP contribution in [0.2, 0.25) is 0 Å². The van der Waals surface area contributed by atoms with E-state index in [0.717, 1.165) is 42.9 Å². The summed E-state index contributed by atoms with van der Waals surface area (Å²) in [5.41, 5.74) is 1.90. The molecule has 1 heterocycles. The van der Waals surface area contributed by atoms with Gasteiger partial charge in [-0.25, -0.2) is 4.98 Å². The van der Waals surface area contributed by atoms with Crippen molar-refractivity contribution in [2.75, 3.05) is 24.6 Å². The summed E-state index contributed by atoms with van der Waals surface area (Å²) in [4.78, 5) is 6.68. The molecule has 0 amide bonds. The number of nitrogens with zero attached hydrogens (tertiary/aromatic N) is 2. The Labute approximate surface area is 109 Å². The first-order valence-electron chi connectivity index (χ1n) is 6.71. The predicted octanol–water partition coefficient (Wildman–Crippen LogP) is 1.74. The third-order valence-corrected chi connectivity index (χ3v) is 2.80. The molecule has 1 aromatic rings. The average molecular weight is 252 g/mol. The molecule has 4 heteroatoms. The van der Waals surface area contributed by atoms with Gasteiger partial charge >= 0.3 is 0 Å². The third kappa shape index (κ3) is 4.27. The molecule has 0 aliphatic rings. The van der Waals surface area contributed by atoms with Crippen molar-refractivity contribution < 1.29 is 10.2 Å². The first-order chi connectivity index (χ1) is 8.74. The second-order valence-electron chi connectivity index (χ2n) is 4.44. The normalized spacial score (nSPS) is 10.7. The number of aryl methyl sites for hydroxylation is 1. The second-order valence-corrected chi connectivity index (χ2v) is 4.44. The smallest absolute Gasteiger partial charge is 0.129 e. The van der Waals surface area contributed by atoms with Crippen LogP contribution in [-0.4, -0.2) is 34.9 Å². The lowest BCUT2D eigenvalue weighted by atomic mass is 10.1. The summed E-state index contributed by atoms with van der Waals surface area (Å²) in [5.74, 6) is 0.862. The molecular weight excluding hydrogens is 228 g/mol. The summed E-state index contributed by atoms with van der Waals surface area (Å²) in [5, 5.41) is 18.4. The van der Waals surface area contributed by atoms with Gasteiger partial charge in [0, 0.05) is 18.8 Å². The summed E-state index contributed by atoms with van der Waals surface area (Å²) in [6, 6.07) is 3.86. The van der Waals surface area contributed by atoms with E-state index in [-0.39, 0.29) is 13.2 Å². The van der Waals surface area contributed by atoms with Crippen LogP contribution < -0.4 is 4.90 Å². The van der Waals surface area contributed by atoms with Gasteiger partial charge < -0.3 is 15.1 Å². The molecule has 0 radical (unpaired) electrons. The minimum absolute atomic E-state index is 0.0331. The number of aliphatic hydroxyl groups is 2. The highest BCUT2D eigenvalue weighted by atomic mass is 16.3. The minimum atomic E-state index is 0.0331. The van der Waals surface area contributed by atoms with Crippen molar-refractivity contribution in [2.45, 2.75) is 39.7 Å². The van der Waals surface area contributed by atoms with Crippen molar-refractivity contribution >= 4 is 5.82 Å². The maximum absolute atomic E-state index is 9.30. The van der Waals surface area contributed by atoms with Crippen LogP contribution in [-0.2, 0) is 13.0 Å². The fourth-order valence-electron chi connectivity index (χ4n) is 2.00. The highest BCUT2D eigenvalue weighted by molar-refractivity contribution is 5.42. The van der Waals surface area contributed by atoms with Crippen molar-refractivity contribution in [3.8, 4) is 0 Å². The maximum Gasteiger partial charge on any atom is 0.129 e. The summed E-state index contributed by atoms with van der Waals surface area (Å²) >= 11 is 0. The van der Waals surface area contributed by atoms with Crippen molar-refractivity contribution in [2.24, 2.45) is 0 Å². The molecule has 4 nitrogen and oxygen atoms in total. The molecule has 0 saturated heterocycles. The molecule has 0 spiro atoms. The van der Waals surface area contributed by atoms with Gasteiger partial charge in [0.1, 0.15) is 5.82 Å². The zero-order valence-electron chi connectivity index (χ0n) is 11.4. The Hall–Kier alpha value is -1.13. The van der Waals surface area contributed by atoms with Gasteiger partial charge in [-0.2, -0.15) is 0 Å². The van der Waals surface area contributed by atoms with Crippen LogP contribution in [0.5, 0.6) is 0 Å². The Balaban J connectivity index is 2.99. The molecule has 0 aromatic carbocycles. The quantitative estimate of drug-likeness (QED) is 0.740. The molecule has 0 saturated carbocycles. The van der Waals surface area contributed by atoms with Gasteiger partial charge in [-0.3, -0.25) is 0 Å². The van der Waals surface area contributed by atoms with E-state index in [0.29, 0.717) is 6.54 Å². The van der Waals surface area contributed by atoms with Crippen molar-refractivity contribution in [3.63, 3.8) is 0 Å². The monoisotopic (exact) mass is 252 g/mol. The van der Waals surface area contributed by atoms with Gasteiger partial charge in [-0.1, -0.05) is 20.3 Å². The summed E-state index contributed by atoms with van der Waals surface area (Å²) in [6.45, 7) is 5.83. The number of rotatable bonds is 8. The molecule has 0 fully saturated rings. The first-order valence-corrected chi connectivity index (χ1v) is 6.71. The largest absolute Gasteiger partial charge is 0.395 e. The summed E-state index contributed by atoms with van der Waals surface area (Å²) in [6.07, 6.45) is 2.96. The fraction of sp³-hybridized carbons (Fsp3) is 0.643. The maximum atomic E-state index is 9.30. The molecule has 18 heavy (non-hydrogen) atoms. The molecule has 0 aliphatic carbocycles. The van der Waals surface area contributed by atoms with Crippen molar-refractivity contribution in [3.05, 3.63) is 23.4 Å². The number of anilines is 1. The lowest BCUT2D eigenvalue weighted by Gasteiger charge is -2.23. The molecule has 0 unspecified atom stereocenters. The van der Waals surface area contributed by atoms with Gasteiger partial charge in [0.15, 0.2) is 0 Å². The van der Waals surface area contributed by atoms with E-state index in [9.17, 15) is 5.11 Å². The van der Waals surface area contributed by atoms with Crippen LogP contribution in [0.25, 0.3) is 0 Å². The van der Waals surface area contributed by atoms with Gasteiger partial charge in [0.05, 0.1) is 13.2 Å². The Morgan fingerprint density at radius 2 is 1.89 bits per heavy atom. The van der Waals surface area contributed by atoms with Crippen molar-refractivity contribution in [1.82, 2.24) is 4.98 Å². The summed E-state index contributed by atoms with van der Waals surface area (Å²) in [7, 11) is 0. The fourth-order valence-corrected chi connectivity index (χ4v) is 2.00. The van der Waals surface area contributed by atoms with Gasteiger partial charge in [-0.15, -0.1) is 0 Å². The third-order valence-electron chi connectivity index (χ3n) is 2.80. The molecule has 1 rings (SSSR count). The highest BCUT2D eigenvalue weighted by Crippen LogP contribution is 2.16. The molecule has 2 N–H and O–H groups in total. The standard InChI is InChI=1S/C14H24N2O2/c1-3-5-13-9-12(11-18)10-14(15-13)16(6-4-2)7-8-17/h9-10,17-18H,3-8,11H2,1-2H3.